The zero-order valence-electron chi connectivity index (χ0n) is 9.02. The lowest BCUT2D eigenvalue weighted by molar-refractivity contribution is 0.192. The number of hydrogen-bond donors (Lipinski definition) is 2. The van der Waals surface area contributed by atoms with Crippen LogP contribution >= 0.6 is 0 Å². The van der Waals surface area contributed by atoms with Crippen molar-refractivity contribution >= 4 is 15.7 Å². The molecule has 2 rings (SSSR count). The summed E-state index contributed by atoms with van der Waals surface area (Å²) in [5, 5.41) is 0. The molecule has 1 aromatic carbocycles. The van der Waals surface area contributed by atoms with Crippen molar-refractivity contribution in [3.63, 3.8) is 0 Å². The van der Waals surface area contributed by atoms with Crippen LogP contribution in [-0.2, 0) is 14.8 Å². The molecule has 17 heavy (non-hydrogen) atoms. The number of anilines is 1. The first-order chi connectivity index (χ1) is 7.99. The summed E-state index contributed by atoms with van der Waals surface area (Å²) >= 11 is 0. The first kappa shape index (κ1) is 12.3. The van der Waals surface area contributed by atoms with Gasteiger partial charge in [-0.05, 0) is 24.6 Å². The molecule has 1 saturated heterocycles. The van der Waals surface area contributed by atoms with Crippen LogP contribution in [0.5, 0.6) is 0 Å². The van der Waals surface area contributed by atoms with Gasteiger partial charge in [-0.15, -0.1) is 0 Å². The Morgan fingerprint density at radius 3 is 2.82 bits per heavy atom. The van der Waals surface area contributed by atoms with E-state index in [9.17, 15) is 12.8 Å². The second-order valence-electron chi connectivity index (χ2n) is 3.86. The van der Waals surface area contributed by atoms with Gasteiger partial charge < -0.3 is 10.5 Å². The molecule has 1 unspecified atom stereocenters. The van der Waals surface area contributed by atoms with E-state index < -0.39 is 15.8 Å². The molecule has 1 aliphatic heterocycles. The van der Waals surface area contributed by atoms with Gasteiger partial charge in [-0.1, -0.05) is 0 Å². The van der Waals surface area contributed by atoms with E-state index in [1.54, 1.807) is 0 Å². The minimum atomic E-state index is -3.71. The van der Waals surface area contributed by atoms with Crippen LogP contribution in [-0.4, -0.2) is 27.7 Å². The number of benzene rings is 1. The summed E-state index contributed by atoms with van der Waals surface area (Å²) in [7, 11) is -3.71. The fourth-order valence-electron chi connectivity index (χ4n) is 1.67. The normalized spacial score (nSPS) is 20.6. The second kappa shape index (κ2) is 4.59. The summed E-state index contributed by atoms with van der Waals surface area (Å²) < 4.78 is 44.3. The van der Waals surface area contributed by atoms with E-state index in [-0.39, 0.29) is 16.6 Å². The van der Waals surface area contributed by atoms with Gasteiger partial charge in [0.15, 0.2) is 0 Å². The highest BCUT2D eigenvalue weighted by molar-refractivity contribution is 7.89. The van der Waals surface area contributed by atoms with Gasteiger partial charge in [0.2, 0.25) is 10.0 Å². The predicted molar refractivity (Wildman–Crippen MR) is 60.4 cm³/mol. The number of ether oxygens (including phenoxy) is 1. The number of nitrogen functional groups attached to an aromatic ring is 1. The van der Waals surface area contributed by atoms with Crippen LogP contribution in [0.3, 0.4) is 0 Å². The molecule has 5 nitrogen and oxygen atoms in total. The van der Waals surface area contributed by atoms with Crippen molar-refractivity contribution in [1.82, 2.24) is 4.72 Å². The van der Waals surface area contributed by atoms with Crippen LogP contribution in [0.4, 0.5) is 10.1 Å². The summed E-state index contributed by atoms with van der Waals surface area (Å²) in [6.07, 6.45) is 0.625. The van der Waals surface area contributed by atoms with Crippen LogP contribution < -0.4 is 10.5 Å². The Bertz CT molecular complexity index is 512. The topological polar surface area (TPSA) is 81.4 Å². The fraction of sp³-hybridized carbons (Fsp3) is 0.400. The van der Waals surface area contributed by atoms with Crippen LogP contribution in [0.2, 0.25) is 0 Å². The average molecular weight is 260 g/mol. The lowest BCUT2D eigenvalue weighted by atomic mass is 10.3. The minimum absolute atomic E-state index is 0.101. The van der Waals surface area contributed by atoms with Gasteiger partial charge in [0.25, 0.3) is 0 Å². The summed E-state index contributed by atoms with van der Waals surface area (Å²) in [6.45, 7) is 0.881. The van der Waals surface area contributed by atoms with Crippen molar-refractivity contribution in [3.8, 4) is 0 Å². The molecule has 1 heterocycles. The number of sulfonamides is 1. The maximum Gasteiger partial charge on any atom is 0.242 e. The molecule has 1 fully saturated rings. The Hall–Kier alpha value is -1.18. The zero-order chi connectivity index (χ0) is 12.5. The molecular weight excluding hydrogens is 247 g/mol. The summed E-state index contributed by atoms with van der Waals surface area (Å²) in [4.78, 5) is -0.106. The zero-order valence-corrected chi connectivity index (χ0v) is 9.84. The summed E-state index contributed by atoms with van der Waals surface area (Å²) in [6, 6.07) is 2.96. The minimum Gasteiger partial charge on any atom is -0.398 e. The van der Waals surface area contributed by atoms with Gasteiger partial charge in [0.1, 0.15) is 10.7 Å². The van der Waals surface area contributed by atoms with Crippen molar-refractivity contribution in [1.29, 1.82) is 0 Å². The van der Waals surface area contributed by atoms with Crippen LogP contribution in [0, 0.1) is 5.82 Å². The molecule has 1 aliphatic rings. The van der Waals surface area contributed by atoms with Crippen molar-refractivity contribution in [2.75, 3.05) is 18.9 Å². The first-order valence-electron chi connectivity index (χ1n) is 5.14. The molecule has 1 aromatic rings. The lowest BCUT2D eigenvalue weighted by Crippen LogP contribution is -2.35. The Kier molecular flexibility index (Phi) is 3.32. The summed E-state index contributed by atoms with van der Waals surface area (Å²) in [5.41, 5.74) is 5.39. The number of nitrogens with two attached hydrogens (primary N) is 1. The van der Waals surface area contributed by atoms with E-state index in [0.29, 0.717) is 19.6 Å². The van der Waals surface area contributed by atoms with Crippen molar-refractivity contribution in [2.24, 2.45) is 0 Å². The molecule has 7 heteroatoms. The number of rotatable bonds is 3. The second-order valence-corrected chi connectivity index (χ2v) is 5.55. The van der Waals surface area contributed by atoms with Crippen LogP contribution in [0.1, 0.15) is 6.42 Å². The molecule has 1 atom stereocenters. The van der Waals surface area contributed by atoms with E-state index in [4.69, 9.17) is 10.5 Å². The van der Waals surface area contributed by atoms with E-state index in [0.717, 1.165) is 18.2 Å². The van der Waals surface area contributed by atoms with E-state index >= 15 is 0 Å². The molecule has 0 bridgehead atoms. The Labute approximate surface area is 98.8 Å². The Morgan fingerprint density at radius 2 is 2.24 bits per heavy atom. The quantitative estimate of drug-likeness (QED) is 0.774. The van der Waals surface area contributed by atoms with E-state index in [1.807, 2.05) is 0 Å². The number of hydrogen-bond acceptors (Lipinski definition) is 4. The van der Waals surface area contributed by atoms with E-state index in [1.165, 1.54) is 0 Å². The lowest BCUT2D eigenvalue weighted by Gasteiger charge is -2.12. The smallest absolute Gasteiger partial charge is 0.242 e. The fourth-order valence-corrected chi connectivity index (χ4v) is 3.04. The van der Waals surface area contributed by atoms with Crippen molar-refractivity contribution < 1.29 is 17.5 Å². The predicted octanol–water partition coefficient (Wildman–Crippen LogP) is 0.475. The molecule has 0 radical (unpaired) electrons. The standard InChI is InChI=1S/C10H13FN2O3S/c11-7-1-2-10(9(12)5-7)17(14,15)13-8-3-4-16-6-8/h1-2,5,8,13H,3-4,6,12H2. The summed E-state index contributed by atoms with van der Waals surface area (Å²) in [5.74, 6) is -0.564. The van der Waals surface area contributed by atoms with Crippen molar-refractivity contribution in [3.05, 3.63) is 24.0 Å². The Balaban J connectivity index is 2.24. The molecule has 94 valence electrons. The SMILES string of the molecule is Nc1cc(F)ccc1S(=O)(=O)NC1CCOC1. The molecule has 0 amide bonds. The van der Waals surface area contributed by atoms with Gasteiger partial charge in [-0.2, -0.15) is 0 Å². The third kappa shape index (κ3) is 2.74. The van der Waals surface area contributed by atoms with Crippen molar-refractivity contribution in [2.45, 2.75) is 17.4 Å². The average Bonchev–Trinajstić information content (AvgIpc) is 2.68. The molecule has 0 saturated carbocycles. The molecule has 3 N–H and O–H groups in total. The molecular formula is C10H13FN2O3S. The molecule has 0 aliphatic carbocycles. The van der Waals surface area contributed by atoms with Crippen LogP contribution in [0.25, 0.3) is 0 Å². The van der Waals surface area contributed by atoms with Gasteiger partial charge in [0, 0.05) is 12.6 Å². The van der Waals surface area contributed by atoms with Gasteiger partial charge in [-0.3, -0.25) is 0 Å². The number of halogens is 1. The first-order valence-corrected chi connectivity index (χ1v) is 6.62. The largest absolute Gasteiger partial charge is 0.398 e. The molecule has 0 aromatic heterocycles. The highest BCUT2D eigenvalue weighted by Crippen LogP contribution is 2.20. The molecule has 0 spiro atoms. The number of nitrogens with one attached hydrogen (secondary N) is 1. The third-order valence-electron chi connectivity index (χ3n) is 2.51. The van der Waals surface area contributed by atoms with Crippen LogP contribution in [0.15, 0.2) is 23.1 Å². The van der Waals surface area contributed by atoms with Gasteiger partial charge in [-0.25, -0.2) is 17.5 Å². The highest BCUT2D eigenvalue weighted by Gasteiger charge is 2.24. The van der Waals surface area contributed by atoms with E-state index in [2.05, 4.69) is 4.72 Å². The maximum atomic E-state index is 12.8. The highest BCUT2D eigenvalue weighted by atomic mass is 32.2. The monoisotopic (exact) mass is 260 g/mol. The van der Waals surface area contributed by atoms with Gasteiger partial charge >= 0.3 is 0 Å². The van der Waals surface area contributed by atoms with Gasteiger partial charge in [0.05, 0.1) is 12.3 Å². The maximum absolute atomic E-state index is 12.8. The third-order valence-corrected chi connectivity index (χ3v) is 4.11. The Morgan fingerprint density at radius 1 is 1.47 bits per heavy atom.